The first kappa shape index (κ1) is 9.11. The molecule has 0 spiro atoms. The molecule has 5 nitrogen and oxygen atoms in total. The summed E-state index contributed by atoms with van der Waals surface area (Å²) in [6.07, 6.45) is 0.210. The average Bonchev–Trinajstić information content (AvgIpc) is 2.07. The molecular formula is C7H4FNO4. The number of nitro groups is 1. The highest BCUT2D eigenvalue weighted by molar-refractivity contribution is 5.79. The molecule has 0 aliphatic rings. The van der Waals surface area contributed by atoms with E-state index in [1.54, 1.807) is 0 Å². The van der Waals surface area contributed by atoms with Gasteiger partial charge in [-0.2, -0.15) is 4.39 Å². The molecule has 0 saturated carbocycles. The van der Waals surface area contributed by atoms with E-state index in [9.17, 15) is 19.3 Å². The first-order chi connectivity index (χ1) is 6.06. The van der Waals surface area contributed by atoms with Crippen LogP contribution in [0.15, 0.2) is 12.1 Å². The summed E-state index contributed by atoms with van der Waals surface area (Å²) in [5.74, 6) is -1.76. The Bertz CT molecular complexity index is 377. The maximum Gasteiger partial charge on any atom is 0.308 e. The van der Waals surface area contributed by atoms with E-state index in [4.69, 9.17) is 5.11 Å². The molecule has 0 bridgehead atoms. The van der Waals surface area contributed by atoms with Crippen LogP contribution in [0.2, 0.25) is 0 Å². The number of carbonyl (C=O) groups is 1. The molecule has 0 atom stereocenters. The van der Waals surface area contributed by atoms with Crippen molar-refractivity contribution < 1.29 is 19.2 Å². The molecule has 1 rings (SSSR count). The second-order valence-corrected chi connectivity index (χ2v) is 2.24. The predicted molar refractivity (Wildman–Crippen MR) is 40.1 cm³/mol. The van der Waals surface area contributed by atoms with Crippen LogP contribution in [0.4, 0.5) is 10.1 Å². The van der Waals surface area contributed by atoms with Crippen LogP contribution in [0.5, 0.6) is 5.75 Å². The molecule has 0 heterocycles. The minimum absolute atomic E-state index is 0.210. The highest BCUT2D eigenvalue weighted by Crippen LogP contribution is 2.25. The lowest BCUT2D eigenvalue weighted by molar-refractivity contribution is -0.387. The van der Waals surface area contributed by atoms with Crippen molar-refractivity contribution in [3.63, 3.8) is 0 Å². The molecule has 0 unspecified atom stereocenters. The maximum atomic E-state index is 12.8. The fraction of sp³-hybridized carbons (Fsp3) is 0. The van der Waals surface area contributed by atoms with Gasteiger partial charge in [-0.3, -0.25) is 14.9 Å². The molecule has 0 aliphatic heterocycles. The zero-order valence-electron chi connectivity index (χ0n) is 6.23. The zero-order valence-corrected chi connectivity index (χ0v) is 6.23. The number of nitro benzene ring substituents is 1. The van der Waals surface area contributed by atoms with Gasteiger partial charge >= 0.3 is 5.69 Å². The summed E-state index contributed by atoms with van der Waals surface area (Å²) in [6.45, 7) is 0. The fourth-order valence-electron chi connectivity index (χ4n) is 0.800. The lowest BCUT2D eigenvalue weighted by atomic mass is 10.2. The number of hydrogen-bond donors (Lipinski definition) is 1. The van der Waals surface area contributed by atoms with Gasteiger partial charge in [0.2, 0.25) is 5.82 Å². The number of benzene rings is 1. The van der Waals surface area contributed by atoms with Crippen LogP contribution in [-0.2, 0) is 0 Å². The van der Waals surface area contributed by atoms with Crippen molar-refractivity contribution in [1.29, 1.82) is 0 Å². The summed E-state index contributed by atoms with van der Waals surface area (Å²) in [5.41, 5.74) is -1.17. The van der Waals surface area contributed by atoms with E-state index in [1.807, 2.05) is 0 Å². The molecule has 0 fully saturated rings. The van der Waals surface area contributed by atoms with Crippen molar-refractivity contribution in [2.75, 3.05) is 0 Å². The van der Waals surface area contributed by atoms with Crippen LogP contribution in [0.25, 0.3) is 0 Å². The van der Waals surface area contributed by atoms with Gasteiger partial charge in [0.25, 0.3) is 0 Å². The van der Waals surface area contributed by atoms with Crippen LogP contribution < -0.4 is 0 Å². The summed E-state index contributed by atoms with van der Waals surface area (Å²) in [4.78, 5) is 19.3. The summed E-state index contributed by atoms with van der Waals surface area (Å²) in [5, 5.41) is 19.1. The van der Waals surface area contributed by atoms with Gasteiger partial charge in [0.1, 0.15) is 5.75 Å². The number of rotatable bonds is 2. The molecule has 1 aromatic rings. The van der Waals surface area contributed by atoms with Crippen molar-refractivity contribution in [1.82, 2.24) is 0 Å². The smallest absolute Gasteiger partial charge is 0.308 e. The zero-order chi connectivity index (χ0) is 10.0. The molecule has 1 N–H and O–H groups in total. The minimum atomic E-state index is -1.15. The third-order valence-corrected chi connectivity index (χ3v) is 1.42. The van der Waals surface area contributed by atoms with Gasteiger partial charge < -0.3 is 5.11 Å². The Hall–Kier alpha value is -1.98. The molecular weight excluding hydrogens is 181 g/mol. The van der Waals surface area contributed by atoms with E-state index in [0.717, 1.165) is 0 Å². The Morgan fingerprint density at radius 3 is 2.62 bits per heavy atom. The lowest BCUT2D eigenvalue weighted by Crippen LogP contribution is -1.94. The van der Waals surface area contributed by atoms with E-state index in [-0.39, 0.29) is 11.8 Å². The average molecular weight is 185 g/mol. The lowest BCUT2D eigenvalue weighted by Gasteiger charge is -1.97. The fourth-order valence-corrected chi connectivity index (χ4v) is 0.800. The number of hydrogen-bond acceptors (Lipinski definition) is 4. The van der Waals surface area contributed by atoms with Crippen molar-refractivity contribution in [2.45, 2.75) is 0 Å². The van der Waals surface area contributed by atoms with Gasteiger partial charge in [-0.05, 0) is 6.07 Å². The van der Waals surface area contributed by atoms with E-state index in [0.29, 0.717) is 12.1 Å². The number of phenolic OH excluding ortho intramolecular Hbond substituents is 1. The Labute approximate surface area is 71.6 Å². The molecule has 68 valence electrons. The van der Waals surface area contributed by atoms with Gasteiger partial charge in [0, 0.05) is 0 Å². The molecule has 1 aromatic carbocycles. The largest absolute Gasteiger partial charge is 0.507 e. The van der Waals surface area contributed by atoms with Gasteiger partial charge in [-0.15, -0.1) is 0 Å². The number of aldehydes is 1. The van der Waals surface area contributed by atoms with E-state index in [2.05, 4.69) is 0 Å². The maximum absolute atomic E-state index is 12.8. The second-order valence-electron chi connectivity index (χ2n) is 2.24. The number of phenols is 1. The van der Waals surface area contributed by atoms with Gasteiger partial charge in [-0.25, -0.2) is 0 Å². The quantitative estimate of drug-likeness (QED) is 0.427. The number of nitrogens with zero attached hydrogens (tertiary/aromatic N) is 1. The summed E-state index contributed by atoms with van der Waals surface area (Å²) in [6, 6.07) is 1.21. The molecule has 0 radical (unpaired) electrons. The van der Waals surface area contributed by atoms with Gasteiger partial charge in [0.15, 0.2) is 6.29 Å². The Kier molecular flexibility index (Phi) is 2.23. The predicted octanol–water partition coefficient (Wildman–Crippen LogP) is 1.25. The molecule has 0 aliphatic carbocycles. The first-order valence-corrected chi connectivity index (χ1v) is 3.18. The summed E-state index contributed by atoms with van der Waals surface area (Å²) >= 11 is 0. The highest BCUT2D eigenvalue weighted by Gasteiger charge is 2.17. The summed E-state index contributed by atoms with van der Waals surface area (Å²) in [7, 11) is 0. The second kappa shape index (κ2) is 3.18. The van der Waals surface area contributed by atoms with Crippen LogP contribution in [0.1, 0.15) is 10.4 Å². The minimum Gasteiger partial charge on any atom is -0.507 e. The standard InChI is InChI=1S/C7H4FNO4/c8-5-1-4(3-10)7(11)2-6(5)9(12)13/h1-3,11H. The topological polar surface area (TPSA) is 80.4 Å². The van der Waals surface area contributed by atoms with Crippen molar-refractivity contribution in [2.24, 2.45) is 0 Å². The van der Waals surface area contributed by atoms with Crippen molar-refractivity contribution >= 4 is 12.0 Å². The SMILES string of the molecule is O=Cc1cc(F)c([N+](=O)[O-])cc1O. The Morgan fingerprint density at radius 1 is 1.54 bits per heavy atom. The van der Waals surface area contributed by atoms with Crippen LogP contribution in [-0.4, -0.2) is 16.3 Å². The molecule has 0 aromatic heterocycles. The highest BCUT2D eigenvalue weighted by atomic mass is 19.1. The van der Waals surface area contributed by atoms with Crippen LogP contribution in [0.3, 0.4) is 0 Å². The van der Waals surface area contributed by atoms with E-state index < -0.39 is 22.2 Å². The van der Waals surface area contributed by atoms with Crippen molar-refractivity contribution in [3.05, 3.63) is 33.6 Å². The Balaban J connectivity index is 3.36. The third kappa shape index (κ3) is 1.61. The van der Waals surface area contributed by atoms with Crippen LogP contribution in [0, 0.1) is 15.9 Å². The first-order valence-electron chi connectivity index (χ1n) is 3.18. The normalized spacial score (nSPS) is 9.62. The third-order valence-electron chi connectivity index (χ3n) is 1.42. The monoisotopic (exact) mass is 185 g/mol. The molecule has 0 saturated heterocycles. The Morgan fingerprint density at radius 2 is 2.15 bits per heavy atom. The van der Waals surface area contributed by atoms with Gasteiger partial charge in [0.05, 0.1) is 16.6 Å². The number of aromatic hydroxyl groups is 1. The van der Waals surface area contributed by atoms with E-state index >= 15 is 0 Å². The van der Waals surface area contributed by atoms with Crippen LogP contribution >= 0.6 is 0 Å². The molecule has 0 amide bonds. The number of carbonyl (C=O) groups excluding carboxylic acids is 1. The number of halogens is 1. The van der Waals surface area contributed by atoms with Crippen molar-refractivity contribution in [3.8, 4) is 5.75 Å². The molecule has 6 heteroatoms. The molecule has 13 heavy (non-hydrogen) atoms. The van der Waals surface area contributed by atoms with E-state index in [1.165, 1.54) is 0 Å². The van der Waals surface area contributed by atoms with Gasteiger partial charge in [-0.1, -0.05) is 0 Å². The summed E-state index contributed by atoms with van der Waals surface area (Å²) < 4.78 is 12.8.